The normalized spacial score (nSPS) is 12.2. The molecular formula is C16H19NO2. The third kappa shape index (κ3) is 3.56. The minimum absolute atomic E-state index is 0.00671. The summed E-state index contributed by atoms with van der Waals surface area (Å²) in [5.41, 5.74) is 9.18. The molecule has 3 nitrogen and oxygen atoms in total. The van der Waals surface area contributed by atoms with Crippen LogP contribution in [0, 0.1) is 0 Å². The molecular weight excluding hydrogens is 238 g/mol. The number of benzene rings is 2. The fourth-order valence-corrected chi connectivity index (χ4v) is 2.03. The summed E-state index contributed by atoms with van der Waals surface area (Å²) in [6.07, 6.45) is 0.681. The first-order chi connectivity index (χ1) is 9.22. The second-order valence-corrected chi connectivity index (χ2v) is 4.58. The monoisotopic (exact) mass is 257 g/mol. The van der Waals surface area contributed by atoms with Crippen molar-refractivity contribution in [3.8, 4) is 16.9 Å². The van der Waals surface area contributed by atoms with Gasteiger partial charge in [-0.05, 0) is 35.2 Å². The van der Waals surface area contributed by atoms with Gasteiger partial charge < -0.3 is 15.6 Å². The molecule has 0 aliphatic rings. The Morgan fingerprint density at radius 1 is 1.11 bits per heavy atom. The summed E-state index contributed by atoms with van der Waals surface area (Å²) in [6, 6.07) is 16.0. The topological polar surface area (TPSA) is 55.5 Å². The highest BCUT2D eigenvalue weighted by Gasteiger charge is 2.04. The van der Waals surface area contributed by atoms with E-state index in [1.54, 1.807) is 7.11 Å². The van der Waals surface area contributed by atoms with Crippen molar-refractivity contribution in [2.75, 3.05) is 13.7 Å². The van der Waals surface area contributed by atoms with Crippen LogP contribution in [0.1, 0.15) is 5.56 Å². The van der Waals surface area contributed by atoms with E-state index in [0.717, 1.165) is 22.4 Å². The predicted octanol–water partition coefficient (Wildman–Crippen LogP) is 2.22. The van der Waals surface area contributed by atoms with Gasteiger partial charge in [0, 0.05) is 6.04 Å². The van der Waals surface area contributed by atoms with E-state index in [9.17, 15) is 0 Å². The zero-order valence-corrected chi connectivity index (χ0v) is 11.0. The van der Waals surface area contributed by atoms with E-state index in [0.29, 0.717) is 6.42 Å². The van der Waals surface area contributed by atoms with E-state index >= 15 is 0 Å². The van der Waals surface area contributed by atoms with Crippen LogP contribution in [0.15, 0.2) is 48.5 Å². The summed E-state index contributed by atoms with van der Waals surface area (Å²) in [4.78, 5) is 0. The van der Waals surface area contributed by atoms with E-state index < -0.39 is 0 Å². The Balaban J connectivity index is 2.21. The second-order valence-electron chi connectivity index (χ2n) is 4.58. The van der Waals surface area contributed by atoms with Gasteiger partial charge in [0.15, 0.2) is 0 Å². The van der Waals surface area contributed by atoms with Crippen LogP contribution in [0.5, 0.6) is 5.75 Å². The predicted molar refractivity (Wildman–Crippen MR) is 77.2 cm³/mol. The zero-order chi connectivity index (χ0) is 13.7. The molecule has 0 bridgehead atoms. The molecule has 0 radical (unpaired) electrons. The average molecular weight is 257 g/mol. The molecule has 0 aliphatic carbocycles. The molecule has 0 aliphatic heterocycles. The number of methoxy groups -OCH3 is 1. The van der Waals surface area contributed by atoms with Crippen molar-refractivity contribution >= 4 is 0 Å². The minimum atomic E-state index is -0.203. The Morgan fingerprint density at radius 3 is 2.47 bits per heavy atom. The van der Waals surface area contributed by atoms with Gasteiger partial charge in [-0.2, -0.15) is 0 Å². The number of aliphatic hydroxyl groups is 1. The van der Waals surface area contributed by atoms with Crippen molar-refractivity contribution in [1.29, 1.82) is 0 Å². The molecule has 0 spiro atoms. The van der Waals surface area contributed by atoms with Gasteiger partial charge in [0.25, 0.3) is 0 Å². The number of hydrogen-bond acceptors (Lipinski definition) is 3. The van der Waals surface area contributed by atoms with Gasteiger partial charge in [0.2, 0.25) is 0 Å². The SMILES string of the molecule is COc1ccc(-c2cccc(CC(N)CO)c2)cc1. The lowest BCUT2D eigenvalue weighted by Crippen LogP contribution is -2.26. The second kappa shape index (κ2) is 6.36. The Hall–Kier alpha value is -1.84. The fraction of sp³-hybridized carbons (Fsp3) is 0.250. The molecule has 3 N–H and O–H groups in total. The van der Waals surface area contributed by atoms with Crippen molar-refractivity contribution in [2.24, 2.45) is 5.73 Å². The van der Waals surface area contributed by atoms with Crippen LogP contribution in [-0.2, 0) is 6.42 Å². The van der Waals surface area contributed by atoms with Crippen LogP contribution in [0.2, 0.25) is 0 Å². The lowest BCUT2D eigenvalue weighted by Gasteiger charge is -2.10. The van der Waals surface area contributed by atoms with E-state index in [1.165, 1.54) is 0 Å². The Labute approximate surface area is 113 Å². The molecule has 1 unspecified atom stereocenters. The summed E-state index contributed by atoms with van der Waals surface area (Å²) >= 11 is 0. The molecule has 2 aromatic rings. The third-order valence-corrected chi connectivity index (χ3v) is 3.08. The molecule has 0 saturated heterocycles. The highest BCUT2D eigenvalue weighted by molar-refractivity contribution is 5.64. The standard InChI is InChI=1S/C16H19NO2/c1-19-16-7-5-13(6-8-16)14-4-2-3-12(9-14)10-15(17)11-18/h2-9,15,18H,10-11,17H2,1H3. The van der Waals surface area contributed by atoms with Crippen LogP contribution in [0.25, 0.3) is 11.1 Å². The number of aliphatic hydroxyl groups excluding tert-OH is 1. The molecule has 0 aromatic heterocycles. The first-order valence-electron chi connectivity index (χ1n) is 6.32. The first-order valence-corrected chi connectivity index (χ1v) is 6.32. The summed E-state index contributed by atoms with van der Waals surface area (Å²) in [7, 11) is 1.66. The average Bonchev–Trinajstić information content (AvgIpc) is 2.47. The lowest BCUT2D eigenvalue weighted by atomic mass is 10.00. The number of nitrogens with two attached hydrogens (primary N) is 1. The third-order valence-electron chi connectivity index (χ3n) is 3.08. The summed E-state index contributed by atoms with van der Waals surface area (Å²) in [5, 5.41) is 9.00. The van der Waals surface area contributed by atoms with Crippen LogP contribution >= 0.6 is 0 Å². The molecule has 2 aromatic carbocycles. The van der Waals surface area contributed by atoms with Gasteiger partial charge in [-0.1, -0.05) is 36.4 Å². The maximum Gasteiger partial charge on any atom is 0.118 e. The Morgan fingerprint density at radius 2 is 1.84 bits per heavy atom. The maximum atomic E-state index is 9.00. The van der Waals surface area contributed by atoms with Gasteiger partial charge in [0.1, 0.15) is 5.75 Å². The maximum absolute atomic E-state index is 9.00. The van der Waals surface area contributed by atoms with E-state index in [-0.39, 0.29) is 12.6 Å². The van der Waals surface area contributed by atoms with Crippen molar-refractivity contribution < 1.29 is 9.84 Å². The zero-order valence-electron chi connectivity index (χ0n) is 11.0. The van der Waals surface area contributed by atoms with Gasteiger partial charge in [-0.3, -0.25) is 0 Å². The van der Waals surface area contributed by atoms with Crippen molar-refractivity contribution in [3.05, 3.63) is 54.1 Å². The summed E-state index contributed by atoms with van der Waals surface area (Å²) in [5.74, 6) is 0.849. The Kier molecular flexibility index (Phi) is 4.55. The number of ether oxygens (including phenoxy) is 1. The first kappa shape index (κ1) is 13.6. The van der Waals surface area contributed by atoms with Crippen molar-refractivity contribution in [3.63, 3.8) is 0 Å². The van der Waals surface area contributed by atoms with Crippen LogP contribution < -0.4 is 10.5 Å². The molecule has 100 valence electrons. The molecule has 19 heavy (non-hydrogen) atoms. The summed E-state index contributed by atoms with van der Waals surface area (Å²) in [6.45, 7) is 0.00671. The highest BCUT2D eigenvalue weighted by Crippen LogP contribution is 2.23. The largest absolute Gasteiger partial charge is 0.497 e. The van der Waals surface area contributed by atoms with E-state index in [4.69, 9.17) is 15.6 Å². The van der Waals surface area contributed by atoms with Crippen LogP contribution in [0.3, 0.4) is 0 Å². The molecule has 0 fully saturated rings. The fourth-order valence-electron chi connectivity index (χ4n) is 2.03. The molecule has 2 rings (SSSR count). The Bertz CT molecular complexity index is 523. The molecule has 3 heteroatoms. The molecule has 0 amide bonds. The number of rotatable bonds is 5. The highest BCUT2D eigenvalue weighted by atomic mass is 16.5. The van der Waals surface area contributed by atoms with E-state index in [2.05, 4.69) is 12.1 Å². The van der Waals surface area contributed by atoms with Gasteiger partial charge in [-0.15, -0.1) is 0 Å². The molecule has 0 heterocycles. The smallest absolute Gasteiger partial charge is 0.118 e. The van der Waals surface area contributed by atoms with Gasteiger partial charge in [0.05, 0.1) is 13.7 Å². The minimum Gasteiger partial charge on any atom is -0.497 e. The lowest BCUT2D eigenvalue weighted by molar-refractivity contribution is 0.265. The van der Waals surface area contributed by atoms with Gasteiger partial charge in [-0.25, -0.2) is 0 Å². The molecule has 0 saturated carbocycles. The van der Waals surface area contributed by atoms with E-state index in [1.807, 2.05) is 36.4 Å². The summed E-state index contributed by atoms with van der Waals surface area (Å²) < 4.78 is 5.15. The number of hydrogen-bond donors (Lipinski definition) is 2. The van der Waals surface area contributed by atoms with Crippen molar-refractivity contribution in [2.45, 2.75) is 12.5 Å². The van der Waals surface area contributed by atoms with Gasteiger partial charge >= 0.3 is 0 Å². The van der Waals surface area contributed by atoms with Crippen LogP contribution in [0.4, 0.5) is 0 Å². The molecule has 1 atom stereocenters. The quantitative estimate of drug-likeness (QED) is 0.863. The van der Waals surface area contributed by atoms with Crippen LogP contribution in [-0.4, -0.2) is 24.9 Å². The van der Waals surface area contributed by atoms with Crippen molar-refractivity contribution in [1.82, 2.24) is 0 Å².